The van der Waals surface area contributed by atoms with Crippen LogP contribution in [-0.4, -0.2) is 42.8 Å². The fourth-order valence-electron chi connectivity index (χ4n) is 3.22. The number of phenolic OH excluding ortho intramolecular Hbond substituents is 1. The summed E-state index contributed by atoms with van der Waals surface area (Å²) in [4.78, 5) is 15.5. The molecule has 5 heteroatoms. The monoisotopic (exact) mass is 247 g/mol. The summed E-state index contributed by atoms with van der Waals surface area (Å²) in [5, 5.41) is 12.7. The second-order valence-corrected chi connectivity index (χ2v) is 5.44. The van der Waals surface area contributed by atoms with Crippen LogP contribution in [0.2, 0.25) is 0 Å². The van der Waals surface area contributed by atoms with E-state index >= 15 is 0 Å². The summed E-state index contributed by atoms with van der Waals surface area (Å²) in [5.41, 5.74) is 1.95. The number of urea groups is 1. The van der Waals surface area contributed by atoms with Gasteiger partial charge in [-0.3, -0.25) is 0 Å². The Labute approximate surface area is 106 Å². The minimum absolute atomic E-state index is 0.0543. The first kappa shape index (κ1) is 11.2. The first-order valence-electron chi connectivity index (χ1n) is 6.01. The maximum atomic E-state index is 11.8. The number of phenols is 1. The number of hydrogen-bond acceptors (Lipinski definition) is 3. The molecule has 2 N–H and O–H groups in total. The molecule has 2 aliphatic heterocycles. The number of benzene rings is 1. The van der Waals surface area contributed by atoms with E-state index in [0.717, 1.165) is 11.3 Å². The zero-order valence-corrected chi connectivity index (χ0v) is 10.8. The molecule has 0 saturated carbocycles. The smallest absolute Gasteiger partial charge is 0.318 e. The van der Waals surface area contributed by atoms with E-state index in [4.69, 9.17) is 0 Å². The molecular weight excluding hydrogens is 230 g/mol. The predicted octanol–water partition coefficient (Wildman–Crippen LogP) is 1.08. The van der Waals surface area contributed by atoms with E-state index in [1.807, 2.05) is 13.1 Å². The third kappa shape index (κ3) is 1.24. The Morgan fingerprint density at radius 3 is 2.89 bits per heavy atom. The van der Waals surface area contributed by atoms with Gasteiger partial charge in [-0.05, 0) is 30.7 Å². The molecule has 1 saturated heterocycles. The number of likely N-dealkylation sites (N-methyl/N-ethyl adjacent to an activating group) is 2. The third-order valence-electron chi connectivity index (χ3n) is 4.14. The van der Waals surface area contributed by atoms with Gasteiger partial charge in [-0.25, -0.2) is 4.79 Å². The number of carbonyl (C=O) groups excluding carboxylic acids is 1. The molecule has 96 valence electrons. The van der Waals surface area contributed by atoms with Crippen molar-refractivity contribution in [3.05, 3.63) is 23.8 Å². The van der Waals surface area contributed by atoms with Crippen molar-refractivity contribution in [2.45, 2.75) is 18.5 Å². The summed E-state index contributed by atoms with van der Waals surface area (Å²) >= 11 is 0. The molecule has 0 radical (unpaired) electrons. The minimum atomic E-state index is -0.203. The van der Waals surface area contributed by atoms with Crippen LogP contribution in [0.1, 0.15) is 12.5 Å². The molecule has 2 atom stereocenters. The minimum Gasteiger partial charge on any atom is -0.508 e. The topological polar surface area (TPSA) is 55.8 Å². The number of hydrogen-bond donors (Lipinski definition) is 2. The lowest BCUT2D eigenvalue weighted by Gasteiger charge is -2.43. The molecule has 5 nitrogen and oxygen atoms in total. The van der Waals surface area contributed by atoms with E-state index in [1.54, 1.807) is 24.1 Å². The SMILES string of the molecule is CN1C[C@@]2(C)c3cc(O)ccc3N(C)C2NC1=O. The Kier molecular flexibility index (Phi) is 2.06. The van der Waals surface area contributed by atoms with Gasteiger partial charge in [0.15, 0.2) is 0 Å². The van der Waals surface area contributed by atoms with Crippen LogP contribution in [-0.2, 0) is 5.41 Å². The van der Waals surface area contributed by atoms with Gasteiger partial charge in [-0.2, -0.15) is 0 Å². The zero-order chi connectivity index (χ0) is 13.1. The Morgan fingerprint density at radius 1 is 1.44 bits per heavy atom. The van der Waals surface area contributed by atoms with E-state index in [9.17, 15) is 9.90 Å². The number of amides is 2. The van der Waals surface area contributed by atoms with Crippen molar-refractivity contribution in [3.63, 3.8) is 0 Å². The van der Waals surface area contributed by atoms with Crippen molar-refractivity contribution in [2.75, 3.05) is 25.5 Å². The lowest BCUT2D eigenvalue weighted by Crippen LogP contribution is -2.64. The van der Waals surface area contributed by atoms with Crippen LogP contribution in [0.4, 0.5) is 10.5 Å². The molecule has 0 aliphatic carbocycles. The summed E-state index contributed by atoms with van der Waals surface area (Å²) in [6, 6.07) is 5.33. The molecule has 0 aromatic heterocycles. The van der Waals surface area contributed by atoms with E-state index in [-0.39, 0.29) is 23.4 Å². The molecule has 18 heavy (non-hydrogen) atoms. The summed E-state index contributed by atoms with van der Waals surface area (Å²) in [6.07, 6.45) is -0.0574. The first-order chi connectivity index (χ1) is 8.43. The van der Waals surface area contributed by atoms with E-state index in [0.29, 0.717) is 6.54 Å². The van der Waals surface area contributed by atoms with Gasteiger partial charge in [0, 0.05) is 26.3 Å². The Balaban J connectivity index is 2.14. The number of fused-ring (bicyclic) bond motifs is 3. The van der Waals surface area contributed by atoms with Crippen LogP contribution in [0.3, 0.4) is 0 Å². The normalized spacial score (nSPS) is 29.9. The van der Waals surface area contributed by atoms with Crippen LogP contribution in [0, 0.1) is 0 Å². The first-order valence-corrected chi connectivity index (χ1v) is 6.01. The van der Waals surface area contributed by atoms with Crippen LogP contribution >= 0.6 is 0 Å². The fourth-order valence-corrected chi connectivity index (χ4v) is 3.22. The molecule has 1 unspecified atom stereocenters. The van der Waals surface area contributed by atoms with Gasteiger partial charge in [0.05, 0.1) is 5.41 Å². The quantitative estimate of drug-likeness (QED) is 0.721. The number of rotatable bonds is 0. The molecule has 0 bridgehead atoms. The van der Waals surface area contributed by atoms with Crippen LogP contribution < -0.4 is 10.2 Å². The summed E-state index contributed by atoms with van der Waals surface area (Å²) < 4.78 is 0. The van der Waals surface area contributed by atoms with Crippen molar-refractivity contribution >= 4 is 11.7 Å². The van der Waals surface area contributed by atoms with Crippen molar-refractivity contribution < 1.29 is 9.90 Å². The number of nitrogens with one attached hydrogen (secondary N) is 1. The Bertz CT molecular complexity index is 531. The molecular formula is C13H17N3O2. The average molecular weight is 247 g/mol. The summed E-state index contributed by atoms with van der Waals surface area (Å²) in [7, 11) is 3.76. The molecule has 1 fully saturated rings. The highest BCUT2D eigenvalue weighted by Crippen LogP contribution is 2.46. The van der Waals surface area contributed by atoms with Crippen LogP contribution in [0.15, 0.2) is 18.2 Å². The van der Waals surface area contributed by atoms with Gasteiger partial charge in [0.25, 0.3) is 0 Å². The average Bonchev–Trinajstić information content (AvgIpc) is 2.51. The Hall–Kier alpha value is -1.91. The highest BCUT2D eigenvalue weighted by molar-refractivity contribution is 5.79. The maximum Gasteiger partial charge on any atom is 0.318 e. The molecule has 3 rings (SSSR count). The molecule has 2 amide bonds. The van der Waals surface area contributed by atoms with Crippen LogP contribution in [0.25, 0.3) is 0 Å². The number of carbonyl (C=O) groups is 1. The standard InChI is InChI=1S/C13H17N3O2/c1-13-7-15(2)12(18)14-11(13)16(3)10-5-4-8(17)6-9(10)13/h4-6,11,17H,7H2,1-3H3,(H,14,18)/t11?,13-/m0/s1. The van der Waals surface area contributed by atoms with Crippen molar-refractivity contribution in [3.8, 4) is 5.75 Å². The van der Waals surface area contributed by atoms with Gasteiger partial charge < -0.3 is 20.2 Å². The van der Waals surface area contributed by atoms with E-state index in [1.165, 1.54) is 0 Å². The zero-order valence-electron chi connectivity index (χ0n) is 10.8. The van der Waals surface area contributed by atoms with Crippen molar-refractivity contribution in [1.82, 2.24) is 10.2 Å². The highest BCUT2D eigenvalue weighted by Gasteiger charge is 2.51. The second kappa shape index (κ2) is 3.31. The maximum absolute atomic E-state index is 11.8. The number of anilines is 1. The van der Waals surface area contributed by atoms with Gasteiger partial charge in [0.1, 0.15) is 11.9 Å². The fraction of sp³-hybridized carbons (Fsp3) is 0.462. The Morgan fingerprint density at radius 2 is 2.17 bits per heavy atom. The molecule has 2 heterocycles. The third-order valence-corrected chi connectivity index (χ3v) is 4.14. The number of nitrogens with zero attached hydrogens (tertiary/aromatic N) is 2. The number of aromatic hydroxyl groups is 1. The molecule has 1 aromatic rings. The van der Waals surface area contributed by atoms with Gasteiger partial charge in [0.2, 0.25) is 0 Å². The molecule has 1 aromatic carbocycles. The second-order valence-electron chi connectivity index (χ2n) is 5.44. The van der Waals surface area contributed by atoms with E-state index in [2.05, 4.69) is 17.1 Å². The van der Waals surface area contributed by atoms with Crippen LogP contribution in [0.5, 0.6) is 5.75 Å². The predicted molar refractivity (Wildman–Crippen MR) is 68.8 cm³/mol. The lowest BCUT2D eigenvalue weighted by molar-refractivity contribution is 0.154. The molecule has 0 spiro atoms. The highest BCUT2D eigenvalue weighted by atomic mass is 16.3. The van der Waals surface area contributed by atoms with Gasteiger partial charge >= 0.3 is 6.03 Å². The lowest BCUT2D eigenvalue weighted by atomic mass is 9.80. The van der Waals surface area contributed by atoms with Gasteiger partial charge in [-0.1, -0.05) is 0 Å². The van der Waals surface area contributed by atoms with E-state index < -0.39 is 0 Å². The molecule has 2 aliphatic rings. The van der Waals surface area contributed by atoms with Crippen molar-refractivity contribution in [2.24, 2.45) is 0 Å². The summed E-state index contributed by atoms with van der Waals surface area (Å²) in [5.74, 6) is 0.267. The van der Waals surface area contributed by atoms with Gasteiger partial charge in [-0.15, -0.1) is 0 Å². The van der Waals surface area contributed by atoms with Crippen molar-refractivity contribution in [1.29, 1.82) is 0 Å². The summed E-state index contributed by atoms with van der Waals surface area (Å²) in [6.45, 7) is 2.76. The largest absolute Gasteiger partial charge is 0.508 e.